The minimum Gasteiger partial charge on any atom is -0.480 e. The lowest BCUT2D eigenvalue weighted by Gasteiger charge is -2.14. The quantitative estimate of drug-likeness (QED) is 0.676. The SMILES string of the molecule is CCCCC(NC(=O)NCc1cn(C)nc1CC)C(=O)O. The van der Waals surface area contributed by atoms with Crippen LogP contribution in [0.15, 0.2) is 6.20 Å². The fourth-order valence-electron chi connectivity index (χ4n) is 2.08. The number of carbonyl (C=O) groups is 2. The first-order valence-corrected chi connectivity index (χ1v) is 7.26. The number of carboxylic acids is 1. The van der Waals surface area contributed by atoms with E-state index in [0.717, 1.165) is 30.5 Å². The van der Waals surface area contributed by atoms with Crippen LogP contribution in [-0.4, -0.2) is 32.9 Å². The number of nitrogens with zero attached hydrogens (tertiary/aromatic N) is 2. The third-order valence-electron chi connectivity index (χ3n) is 3.22. The molecule has 1 atom stereocenters. The first-order valence-electron chi connectivity index (χ1n) is 7.26. The second-order valence-corrected chi connectivity index (χ2v) is 4.99. The van der Waals surface area contributed by atoms with Crippen molar-refractivity contribution < 1.29 is 14.7 Å². The van der Waals surface area contributed by atoms with E-state index in [4.69, 9.17) is 5.11 Å². The smallest absolute Gasteiger partial charge is 0.326 e. The molecule has 0 radical (unpaired) electrons. The zero-order valence-corrected chi connectivity index (χ0v) is 12.8. The zero-order valence-electron chi connectivity index (χ0n) is 12.8. The summed E-state index contributed by atoms with van der Waals surface area (Å²) in [6.45, 7) is 4.31. The van der Waals surface area contributed by atoms with Crippen molar-refractivity contribution in [3.8, 4) is 0 Å². The van der Waals surface area contributed by atoms with Gasteiger partial charge in [-0.2, -0.15) is 5.10 Å². The van der Waals surface area contributed by atoms with Gasteiger partial charge in [0.15, 0.2) is 0 Å². The number of hydrogen-bond acceptors (Lipinski definition) is 3. The van der Waals surface area contributed by atoms with Crippen LogP contribution in [0.5, 0.6) is 0 Å². The standard InChI is InChI=1S/C14H24N4O3/c1-4-6-7-12(13(19)20)16-14(21)15-8-10-9-18(3)17-11(10)5-2/h9,12H,4-8H2,1-3H3,(H,19,20)(H2,15,16,21). The first-order chi connectivity index (χ1) is 9.97. The van der Waals surface area contributed by atoms with Crippen LogP contribution in [0.2, 0.25) is 0 Å². The van der Waals surface area contributed by atoms with E-state index in [1.807, 2.05) is 27.1 Å². The normalized spacial score (nSPS) is 12.0. The van der Waals surface area contributed by atoms with E-state index in [1.165, 1.54) is 0 Å². The van der Waals surface area contributed by atoms with Crippen LogP contribution in [0.3, 0.4) is 0 Å². The summed E-state index contributed by atoms with van der Waals surface area (Å²) < 4.78 is 1.70. The number of urea groups is 1. The molecule has 0 saturated carbocycles. The Hall–Kier alpha value is -2.05. The molecule has 21 heavy (non-hydrogen) atoms. The molecule has 1 aromatic heterocycles. The van der Waals surface area contributed by atoms with E-state index in [9.17, 15) is 9.59 Å². The van der Waals surface area contributed by atoms with Crippen LogP contribution in [0.1, 0.15) is 44.4 Å². The molecule has 0 bridgehead atoms. The Labute approximate surface area is 124 Å². The molecule has 0 aliphatic heterocycles. The number of nitrogens with one attached hydrogen (secondary N) is 2. The zero-order chi connectivity index (χ0) is 15.8. The Bertz CT molecular complexity index is 485. The highest BCUT2D eigenvalue weighted by molar-refractivity contribution is 5.82. The third kappa shape index (κ3) is 5.45. The summed E-state index contributed by atoms with van der Waals surface area (Å²) in [5.41, 5.74) is 1.87. The predicted molar refractivity (Wildman–Crippen MR) is 78.9 cm³/mol. The molecule has 0 fully saturated rings. The van der Waals surface area contributed by atoms with E-state index in [-0.39, 0.29) is 0 Å². The molecule has 1 unspecified atom stereocenters. The van der Waals surface area contributed by atoms with Crippen LogP contribution in [0.4, 0.5) is 4.79 Å². The topological polar surface area (TPSA) is 96.3 Å². The predicted octanol–water partition coefficient (Wildman–Crippen LogP) is 1.43. The van der Waals surface area contributed by atoms with Gasteiger partial charge in [0.25, 0.3) is 0 Å². The van der Waals surface area contributed by atoms with Crippen molar-refractivity contribution in [1.82, 2.24) is 20.4 Å². The Kier molecular flexibility index (Phi) is 6.71. The van der Waals surface area contributed by atoms with Gasteiger partial charge in [0.2, 0.25) is 0 Å². The van der Waals surface area contributed by atoms with Gasteiger partial charge >= 0.3 is 12.0 Å². The molecule has 118 valence electrons. The summed E-state index contributed by atoms with van der Waals surface area (Å²) in [5.74, 6) is -1.01. The first kappa shape index (κ1) is 17.0. The number of carbonyl (C=O) groups excluding carboxylic acids is 1. The van der Waals surface area contributed by atoms with E-state index < -0.39 is 18.0 Å². The molecule has 7 nitrogen and oxygen atoms in total. The van der Waals surface area contributed by atoms with Gasteiger partial charge in [-0.25, -0.2) is 9.59 Å². The molecule has 0 aliphatic rings. The number of aromatic nitrogens is 2. The van der Waals surface area contributed by atoms with Crippen LogP contribution >= 0.6 is 0 Å². The summed E-state index contributed by atoms with van der Waals surface area (Å²) in [5, 5.41) is 18.5. The minimum atomic E-state index is -1.01. The van der Waals surface area contributed by atoms with Gasteiger partial charge in [0, 0.05) is 25.4 Å². The van der Waals surface area contributed by atoms with Crippen molar-refractivity contribution in [3.05, 3.63) is 17.5 Å². The fraction of sp³-hybridized carbons (Fsp3) is 0.643. The highest BCUT2D eigenvalue weighted by atomic mass is 16.4. The highest BCUT2D eigenvalue weighted by Crippen LogP contribution is 2.06. The maximum Gasteiger partial charge on any atom is 0.326 e. The van der Waals surface area contributed by atoms with E-state index in [1.54, 1.807) is 4.68 Å². The monoisotopic (exact) mass is 296 g/mol. The molecule has 0 saturated heterocycles. The Morgan fingerprint density at radius 1 is 1.43 bits per heavy atom. The molecule has 0 spiro atoms. The van der Waals surface area contributed by atoms with E-state index in [0.29, 0.717) is 13.0 Å². The van der Waals surface area contributed by atoms with Gasteiger partial charge in [-0.1, -0.05) is 26.7 Å². The van der Waals surface area contributed by atoms with Crippen molar-refractivity contribution in [1.29, 1.82) is 0 Å². The van der Waals surface area contributed by atoms with Gasteiger partial charge < -0.3 is 15.7 Å². The number of unbranched alkanes of at least 4 members (excludes halogenated alkanes) is 1. The molecule has 0 aliphatic carbocycles. The molecular formula is C14H24N4O3. The fourth-order valence-corrected chi connectivity index (χ4v) is 2.08. The van der Waals surface area contributed by atoms with Crippen LogP contribution in [0.25, 0.3) is 0 Å². The average Bonchev–Trinajstić information content (AvgIpc) is 2.81. The summed E-state index contributed by atoms with van der Waals surface area (Å²) in [7, 11) is 1.83. The molecule has 7 heteroatoms. The maximum absolute atomic E-state index is 11.8. The highest BCUT2D eigenvalue weighted by Gasteiger charge is 2.19. The van der Waals surface area contributed by atoms with Gasteiger partial charge in [-0.05, 0) is 12.8 Å². The van der Waals surface area contributed by atoms with Gasteiger partial charge in [0.05, 0.1) is 5.69 Å². The number of rotatable bonds is 8. The molecule has 1 aromatic rings. The van der Waals surface area contributed by atoms with Crippen molar-refractivity contribution in [2.24, 2.45) is 7.05 Å². The Balaban J connectivity index is 2.50. The van der Waals surface area contributed by atoms with Crippen molar-refractivity contribution in [3.63, 3.8) is 0 Å². The lowest BCUT2D eigenvalue weighted by atomic mass is 10.1. The number of aliphatic carboxylic acids is 1. The summed E-state index contributed by atoms with van der Waals surface area (Å²) in [6.07, 6.45) is 4.73. The second-order valence-electron chi connectivity index (χ2n) is 4.99. The summed E-state index contributed by atoms with van der Waals surface area (Å²) in [4.78, 5) is 22.9. The van der Waals surface area contributed by atoms with Gasteiger partial charge in [-0.15, -0.1) is 0 Å². The largest absolute Gasteiger partial charge is 0.480 e. The van der Waals surface area contributed by atoms with E-state index >= 15 is 0 Å². The molecule has 1 heterocycles. The van der Waals surface area contributed by atoms with Gasteiger partial charge in [-0.3, -0.25) is 4.68 Å². The van der Waals surface area contributed by atoms with Crippen LogP contribution < -0.4 is 10.6 Å². The second kappa shape index (κ2) is 8.28. The maximum atomic E-state index is 11.8. The van der Waals surface area contributed by atoms with Gasteiger partial charge in [0.1, 0.15) is 6.04 Å². The number of amides is 2. The molecule has 3 N–H and O–H groups in total. The molecule has 0 aromatic carbocycles. The lowest BCUT2D eigenvalue weighted by Crippen LogP contribution is -2.45. The van der Waals surface area contributed by atoms with Crippen molar-refractivity contribution in [2.75, 3.05) is 0 Å². The Morgan fingerprint density at radius 3 is 2.71 bits per heavy atom. The average molecular weight is 296 g/mol. The Morgan fingerprint density at radius 2 is 2.14 bits per heavy atom. The molecule has 1 rings (SSSR count). The van der Waals surface area contributed by atoms with Crippen LogP contribution in [-0.2, 0) is 24.8 Å². The van der Waals surface area contributed by atoms with Crippen LogP contribution in [0, 0.1) is 0 Å². The number of carboxylic acid groups (broad SMARTS) is 1. The van der Waals surface area contributed by atoms with E-state index in [2.05, 4.69) is 15.7 Å². The molecule has 2 amide bonds. The summed E-state index contributed by atoms with van der Waals surface area (Å²) in [6, 6.07) is -1.31. The summed E-state index contributed by atoms with van der Waals surface area (Å²) >= 11 is 0. The molecular weight excluding hydrogens is 272 g/mol. The number of aryl methyl sites for hydroxylation is 2. The minimum absolute atomic E-state index is 0.336. The van der Waals surface area contributed by atoms with Crippen molar-refractivity contribution in [2.45, 2.75) is 52.1 Å². The van der Waals surface area contributed by atoms with Crippen molar-refractivity contribution >= 4 is 12.0 Å². The third-order valence-corrected chi connectivity index (χ3v) is 3.22. The number of hydrogen-bond donors (Lipinski definition) is 3. The lowest BCUT2D eigenvalue weighted by molar-refractivity contribution is -0.139.